The van der Waals surface area contributed by atoms with Gasteiger partial charge in [-0.2, -0.15) is 0 Å². The highest BCUT2D eigenvalue weighted by Gasteiger charge is 2.37. The van der Waals surface area contributed by atoms with Crippen LogP contribution < -0.4 is 25.4 Å². The van der Waals surface area contributed by atoms with E-state index in [0.717, 1.165) is 26.8 Å². The molecule has 194 valence electrons. The fourth-order valence-corrected chi connectivity index (χ4v) is 5.44. The molecule has 4 N–H and O–H groups in total. The number of fused-ring (bicyclic) bond motifs is 1. The van der Waals surface area contributed by atoms with Crippen LogP contribution in [0.15, 0.2) is 24.7 Å². The summed E-state index contributed by atoms with van der Waals surface area (Å²) in [5.41, 5.74) is -0.0750. The topological polar surface area (TPSA) is 149 Å². The molecule has 2 amide bonds. The summed E-state index contributed by atoms with van der Waals surface area (Å²) >= 11 is 1.38. The molecule has 0 radical (unpaired) electrons. The van der Waals surface area contributed by atoms with E-state index in [2.05, 4.69) is 30.6 Å². The van der Waals surface area contributed by atoms with Gasteiger partial charge in [-0.3, -0.25) is 5.32 Å². The smallest absolute Gasteiger partial charge is 0.321 e. The van der Waals surface area contributed by atoms with Crippen molar-refractivity contribution in [2.45, 2.75) is 51.2 Å². The molecule has 4 heterocycles. The van der Waals surface area contributed by atoms with Crippen molar-refractivity contribution in [3.8, 4) is 0 Å². The monoisotopic (exact) mass is 522 g/mol. The highest BCUT2D eigenvalue weighted by atomic mass is 32.1. The van der Waals surface area contributed by atoms with E-state index < -0.39 is 11.2 Å². The zero-order valence-corrected chi connectivity index (χ0v) is 22.0. The van der Waals surface area contributed by atoms with Crippen LogP contribution in [-0.4, -0.2) is 66.4 Å². The summed E-state index contributed by atoms with van der Waals surface area (Å²) in [7, 11) is 0. The summed E-state index contributed by atoms with van der Waals surface area (Å²) in [6, 6.07) is 1.52. The lowest BCUT2D eigenvalue weighted by atomic mass is 9.90. The molecule has 12 heteroatoms. The van der Waals surface area contributed by atoms with Crippen LogP contribution in [0.4, 0.5) is 15.7 Å². The molecule has 1 aliphatic heterocycles. The molecule has 1 unspecified atom stereocenters. The third-order valence-electron chi connectivity index (χ3n) is 6.21. The number of nitrogens with one attached hydrogen (secondary N) is 2. The summed E-state index contributed by atoms with van der Waals surface area (Å²) in [5.74, 6) is 1.57. The van der Waals surface area contributed by atoms with Crippen molar-refractivity contribution in [2.75, 3.05) is 29.9 Å². The predicted octanol–water partition coefficient (Wildman–Crippen LogP) is 0.830. The van der Waals surface area contributed by atoms with Crippen molar-refractivity contribution in [2.24, 2.45) is 0 Å². The Morgan fingerprint density at radius 3 is 2.62 bits per heavy atom. The molecule has 2 aliphatic rings. The molecular formula is C25H30N8O3S. The second-order valence-electron chi connectivity index (χ2n) is 10.2. The van der Waals surface area contributed by atoms with E-state index in [0.29, 0.717) is 42.8 Å². The first-order valence-electron chi connectivity index (χ1n) is 12.1. The number of urea groups is 1. The van der Waals surface area contributed by atoms with Gasteiger partial charge in [-0.15, -0.1) is 0 Å². The van der Waals surface area contributed by atoms with Crippen LogP contribution in [0.3, 0.4) is 0 Å². The Kier molecular flexibility index (Phi) is 6.42. The number of anilines is 2. The molecule has 3 aromatic rings. The number of thiazole rings is 1. The second-order valence-corrected chi connectivity index (χ2v) is 11.2. The number of nitrogens with zero attached hydrogens (tertiary/aromatic N) is 6. The van der Waals surface area contributed by atoms with Crippen molar-refractivity contribution < 1.29 is 15.0 Å². The van der Waals surface area contributed by atoms with E-state index in [-0.39, 0.29) is 11.9 Å². The Morgan fingerprint density at radius 2 is 1.97 bits per heavy atom. The van der Waals surface area contributed by atoms with Crippen LogP contribution in [0.2, 0.25) is 0 Å². The van der Waals surface area contributed by atoms with Crippen LogP contribution in [0, 0.1) is 0 Å². The third-order valence-corrected chi connectivity index (χ3v) is 7.26. The van der Waals surface area contributed by atoms with E-state index in [4.69, 9.17) is 4.98 Å². The molecule has 0 aromatic carbocycles. The SMILES string of the molecule is CCNC(=O)Nc1nc2c(s1)=C(c1nccc(N3CC(C)(O)C3)n1)CC(c1cnc(C(C)(C)O)nc1)C=2. The molecular weight excluding hydrogens is 492 g/mol. The Labute approximate surface area is 218 Å². The van der Waals surface area contributed by atoms with Crippen LogP contribution in [0.1, 0.15) is 57.2 Å². The van der Waals surface area contributed by atoms with Gasteiger partial charge in [0.2, 0.25) is 0 Å². The molecule has 0 saturated carbocycles. The molecule has 37 heavy (non-hydrogen) atoms. The summed E-state index contributed by atoms with van der Waals surface area (Å²) in [5, 5.41) is 27.1. The summed E-state index contributed by atoms with van der Waals surface area (Å²) in [6.45, 7) is 8.47. The number of β-amino-alcohol motifs (C(OH)–C–C–N with tert-alkyl or cyclic N) is 1. The first kappa shape index (κ1) is 25.2. The highest BCUT2D eigenvalue weighted by molar-refractivity contribution is 7.13. The highest BCUT2D eigenvalue weighted by Crippen LogP contribution is 2.32. The number of aliphatic hydroxyl groups is 2. The summed E-state index contributed by atoms with van der Waals surface area (Å²) in [6.07, 6.45) is 7.80. The third kappa shape index (κ3) is 5.31. The largest absolute Gasteiger partial charge is 0.386 e. The molecule has 1 fully saturated rings. The van der Waals surface area contributed by atoms with Gasteiger partial charge in [0.15, 0.2) is 16.8 Å². The first-order valence-corrected chi connectivity index (χ1v) is 13.0. The quantitative estimate of drug-likeness (QED) is 0.369. The van der Waals surface area contributed by atoms with E-state index in [1.165, 1.54) is 11.3 Å². The maximum Gasteiger partial charge on any atom is 0.321 e. The maximum absolute atomic E-state index is 12.1. The van der Waals surface area contributed by atoms with Crippen LogP contribution in [-0.2, 0) is 5.60 Å². The summed E-state index contributed by atoms with van der Waals surface area (Å²) < 4.78 is 0.893. The van der Waals surface area contributed by atoms with E-state index in [9.17, 15) is 15.0 Å². The second kappa shape index (κ2) is 9.43. The Balaban J connectivity index is 1.55. The average Bonchev–Trinajstić information content (AvgIpc) is 3.23. The molecule has 1 aliphatic carbocycles. The number of aromatic nitrogens is 5. The van der Waals surface area contributed by atoms with Crippen LogP contribution in [0.5, 0.6) is 0 Å². The van der Waals surface area contributed by atoms with Gasteiger partial charge in [-0.1, -0.05) is 11.3 Å². The van der Waals surface area contributed by atoms with Gasteiger partial charge < -0.3 is 20.4 Å². The predicted molar refractivity (Wildman–Crippen MR) is 141 cm³/mol. The van der Waals surface area contributed by atoms with Gasteiger partial charge in [-0.05, 0) is 51.8 Å². The Hall–Kier alpha value is -3.48. The van der Waals surface area contributed by atoms with Gasteiger partial charge in [0, 0.05) is 49.7 Å². The normalized spacial score (nSPS) is 18.5. The standard InChI is InChI=1S/C25H30N8O3S/c1-5-26-22(34)32-23-30-17-9-14(15-10-28-21(29-11-15)24(2,3)35)8-16(19(17)37-23)20-27-7-6-18(31-20)33-12-25(4,36)13-33/h6-7,9-11,14,35-36H,5,8,12-13H2,1-4H3,(H2,26,30,32,34). The molecule has 11 nitrogen and oxygen atoms in total. The van der Waals surface area contributed by atoms with Crippen molar-refractivity contribution in [1.29, 1.82) is 0 Å². The van der Waals surface area contributed by atoms with Gasteiger partial charge in [-0.25, -0.2) is 29.7 Å². The number of hydrogen-bond acceptors (Lipinski definition) is 10. The molecule has 1 atom stereocenters. The number of amides is 2. The molecule has 5 rings (SSSR count). The lowest BCUT2D eigenvalue weighted by molar-refractivity contribution is 0.0305. The van der Waals surface area contributed by atoms with E-state index >= 15 is 0 Å². The van der Waals surface area contributed by atoms with E-state index in [1.54, 1.807) is 39.4 Å². The maximum atomic E-state index is 12.1. The zero-order chi connectivity index (χ0) is 26.4. The lowest BCUT2D eigenvalue weighted by Gasteiger charge is -2.44. The minimum Gasteiger partial charge on any atom is -0.386 e. The minimum absolute atomic E-state index is 0.102. The van der Waals surface area contributed by atoms with Crippen molar-refractivity contribution in [3.63, 3.8) is 0 Å². The summed E-state index contributed by atoms with van der Waals surface area (Å²) in [4.78, 5) is 37.0. The van der Waals surface area contributed by atoms with Gasteiger partial charge in [0.25, 0.3) is 0 Å². The van der Waals surface area contributed by atoms with Gasteiger partial charge in [0.1, 0.15) is 11.4 Å². The van der Waals surface area contributed by atoms with Crippen molar-refractivity contribution in [1.82, 2.24) is 30.2 Å². The molecule has 0 bridgehead atoms. The van der Waals surface area contributed by atoms with Crippen LogP contribution >= 0.6 is 11.3 Å². The van der Waals surface area contributed by atoms with Crippen LogP contribution in [0.25, 0.3) is 11.6 Å². The molecule has 3 aromatic heterocycles. The number of rotatable bonds is 6. The van der Waals surface area contributed by atoms with Gasteiger partial charge in [0.05, 0.1) is 15.5 Å². The fourth-order valence-electron chi connectivity index (χ4n) is 4.44. The number of carbonyl (C=O) groups excluding carboxylic acids is 1. The zero-order valence-electron chi connectivity index (χ0n) is 21.2. The van der Waals surface area contributed by atoms with Gasteiger partial charge >= 0.3 is 6.03 Å². The minimum atomic E-state index is -1.14. The van der Waals surface area contributed by atoms with Crippen molar-refractivity contribution >= 4 is 40.0 Å². The lowest BCUT2D eigenvalue weighted by Crippen LogP contribution is -2.60. The average molecular weight is 523 g/mol. The molecule has 0 spiro atoms. The fraction of sp³-hybridized carbons (Fsp3) is 0.440. The van der Waals surface area contributed by atoms with E-state index in [1.807, 2.05) is 24.0 Å². The molecule has 1 saturated heterocycles. The first-order chi connectivity index (χ1) is 17.5. The Bertz CT molecular complexity index is 1440. The Morgan fingerprint density at radius 1 is 1.24 bits per heavy atom. The van der Waals surface area contributed by atoms with Crippen molar-refractivity contribution in [3.05, 3.63) is 51.8 Å². The number of hydrogen-bond donors (Lipinski definition) is 4. The number of carbonyl (C=O) groups is 1.